The fourth-order valence-electron chi connectivity index (χ4n) is 2.26. The van der Waals surface area contributed by atoms with Gasteiger partial charge in [-0.15, -0.1) is 12.6 Å². The topological polar surface area (TPSA) is 40.6 Å². The van der Waals surface area contributed by atoms with Crippen LogP contribution in [-0.4, -0.2) is 47.8 Å². The molecule has 1 aromatic carbocycles. The smallest absolute Gasteiger partial charge is 0.253 e. The number of carbonyl (C=O) groups is 2. The van der Waals surface area contributed by atoms with Crippen LogP contribution in [0.5, 0.6) is 0 Å². The maximum absolute atomic E-state index is 12.4. The summed E-state index contributed by atoms with van der Waals surface area (Å²) in [7, 11) is 0. The maximum Gasteiger partial charge on any atom is 0.253 e. The number of amides is 2. The van der Waals surface area contributed by atoms with Crippen LogP contribution >= 0.6 is 12.6 Å². The molecule has 1 fully saturated rings. The Balaban J connectivity index is 2.06. The van der Waals surface area contributed by atoms with Gasteiger partial charge in [-0.2, -0.15) is 0 Å². The lowest BCUT2D eigenvalue weighted by Gasteiger charge is -2.21. The third-order valence-corrected chi connectivity index (χ3v) is 3.60. The lowest BCUT2D eigenvalue weighted by atomic mass is 10.2. The van der Waals surface area contributed by atoms with Crippen LogP contribution in [-0.2, 0) is 4.79 Å². The van der Waals surface area contributed by atoms with E-state index in [2.05, 4.69) is 12.6 Å². The van der Waals surface area contributed by atoms with Crippen LogP contribution in [0.4, 0.5) is 0 Å². The van der Waals surface area contributed by atoms with Crippen LogP contribution in [0, 0.1) is 0 Å². The molecule has 1 aliphatic rings. The quantitative estimate of drug-likeness (QED) is 0.794. The van der Waals surface area contributed by atoms with E-state index in [9.17, 15) is 9.59 Å². The third kappa shape index (κ3) is 3.50. The van der Waals surface area contributed by atoms with Gasteiger partial charge >= 0.3 is 0 Å². The number of hydrogen-bond donors (Lipinski definition) is 1. The highest BCUT2D eigenvalue weighted by atomic mass is 32.1. The molecule has 0 saturated carbocycles. The SMILES string of the molecule is CC(=O)N1CCCN(C(=O)c2cccc(S)c2)CC1. The molecule has 0 spiro atoms. The minimum Gasteiger partial charge on any atom is -0.341 e. The van der Waals surface area contributed by atoms with E-state index in [4.69, 9.17) is 0 Å². The highest BCUT2D eigenvalue weighted by Crippen LogP contribution is 2.13. The first-order valence-electron chi connectivity index (χ1n) is 6.42. The molecule has 0 aromatic heterocycles. The second-order valence-electron chi connectivity index (χ2n) is 4.70. The Kier molecular flexibility index (Phi) is 4.47. The van der Waals surface area contributed by atoms with Gasteiger partial charge in [-0.3, -0.25) is 9.59 Å². The van der Waals surface area contributed by atoms with Crippen LogP contribution < -0.4 is 0 Å². The van der Waals surface area contributed by atoms with E-state index in [0.717, 1.165) is 17.9 Å². The highest BCUT2D eigenvalue weighted by Gasteiger charge is 2.21. The van der Waals surface area contributed by atoms with Gasteiger partial charge in [0.1, 0.15) is 0 Å². The van der Waals surface area contributed by atoms with Crippen LogP contribution in [0.1, 0.15) is 23.7 Å². The van der Waals surface area contributed by atoms with Crippen LogP contribution in [0.3, 0.4) is 0 Å². The monoisotopic (exact) mass is 278 g/mol. The molecule has 4 nitrogen and oxygen atoms in total. The highest BCUT2D eigenvalue weighted by molar-refractivity contribution is 7.80. The van der Waals surface area contributed by atoms with Crippen molar-refractivity contribution in [2.45, 2.75) is 18.2 Å². The lowest BCUT2D eigenvalue weighted by Crippen LogP contribution is -2.36. The minimum atomic E-state index is 0.0151. The molecule has 1 saturated heterocycles. The van der Waals surface area contributed by atoms with E-state index in [1.54, 1.807) is 24.0 Å². The minimum absolute atomic E-state index is 0.0151. The van der Waals surface area contributed by atoms with Crippen LogP contribution in [0.25, 0.3) is 0 Å². The van der Waals surface area contributed by atoms with Crippen molar-refractivity contribution in [2.24, 2.45) is 0 Å². The van der Waals surface area contributed by atoms with Gasteiger partial charge in [0.25, 0.3) is 5.91 Å². The summed E-state index contributed by atoms with van der Waals surface area (Å²) in [5, 5.41) is 0. The van der Waals surface area contributed by atoms with Crippen LogP contribution in [0.15, 0.2) is 29.2 Å². The van der Waals surface area contributed by atoms with Gasteiger partial charge in [-0.1, -0.05) is 6.07 Å². The first-order valence-corrected chi connectivity index (χ1v) is 6.86. The summed E-state index contributed by atoms with van der Waals surface area (Å²) in [5.74, 6) is 0.0907. The van der Waals surface area contributed by atoms with Gasteiger partial charge in [0, 0.05) is 43.6 Å². The Morgan fingerprint density at radius 3 is 2.47 bits per heavy atom. The van der Waals surface area contributed by atoms with Crippen molar-refractivity contribution < 1.29 is 9.59 Å². The molecule has 0 bridgehead atoms. The van der Waals surface area contributed by atoms with Crippen LogP contribution in [0.2, 0.25) is 0 Å². The molecule has 1 aromatic rings. The van der Waals surface area contributed by atoms with E-state index in [1.165, 1.54) is 0 Å². The largest absolute Gasteiger partial charge is 0.341 e. The predicted molar refractivity (Wildman–Crippen MR) is 76.5 cm³/mol. The molecule has 1 aliphatic heterocycles. The van der Waals surface area contributed by atoms with Gasteiger partial charge < -0.3 is 9.80 Å². The van der Waals surface area contributed by atoms with E-state index < -0.39 is 0 Å². The Hall–Kier alpha value is -1.49. The maximum atomic E-state index is 12.4. The number of nitrogens with zero attached hydrogens (tertiary/aromatic N) is 2. The van der Waals surface area contributed by atoms with E-state index in [1.807, 2.05) is 17.0 Å². The summed E-state index contributed by atoms with van der Waals surface area (Å²) in [6.07, 6.45) is 0.825. The Labute approximate surface area is 118 Å². The summed E-state index contributed by atoms with van der Waals surface area (Å²) in [6.45, 7) is 4.20. The third-order valence-electron chi connectivity index (χ3n) is 3.32. The van der Waals surface area contributed by atoms with Crippen molar-refractivity contribution in [3.05, 3.63) is 29.8 Å². The molecule has 0 unspecified atom stereocenters. The average Bonchev–Trinajstić information content (AvgIpc) is 2.63. The zero-order valence-corrected chi connectivity index (χ0v) is 11.9. The van der Waals surface area contributed by atoms with Gasteiger partial charge in [0.05, 0.1) is 0 Å². The predicted octanol–water partition coefficient (Wildman–Crippen LogP) is 1.67. The van der Waals surface area contributed by atoms with E-state index in [0.29, 0.717) is 25.2 Å². The molecule has 0 atom stereocenters. The molecule has 102 valence electrons. The van der Waals surface area contributed by atoms with E-state index in [-0.39, 0.29) is 11.8 Å². The normalized spacial score (nSPS) is 16.1. The molecule has 0 aliphatic carbocycles. The summed E-state index contributed by atoms with van der Waals surface area (Å²) in [6, 6.07) is 7.25. The fraction of sp³-hybridized carbons (Fsp3) is 0.429. The molecule has 19 heavy (non-hydrogen) atoms. The second kappa shape index (κ2) is 6.10. The molecule has 2 amide bonds. The number of hydrogen-bond acceptors (Lipinski definition) is 3. The van der Waals surface area contributed by atoms with E-state index >= 15 is 0 Å². The zero-order valence-electron chi connectivity index (χ0n) is 11.0. The van der Waals surface area contributed by atoms with Crippen molar-refractivity contribution in [1.82, 2.24) is 9.80 Å². The first kappa shape index (κ1) is 13.9. The second-order valence-corrected chi connectivity index (χ2v) is 5.22. The fourth-order valence-corrected chi connectivity index (χ4v) is 2.48. The van der Waals surface area contributed by atoms with Gasteiger partial charge in [-0.25, -0.2) is 0 Å². The number of carbonyl (C=O) groups excluding carboxylic acids is 2. The van der Waals surface area contributed by atoms with Crippen molar-refractivity contribution in [3.63, 3.8) is 0 Å². The lowest BCUT2D eigenvalue weighted by molar-refractivity contribution is -0.128. The Morgan fingerprint density at radius 2 is 1.79 bits per heavy atom. The van der Waals surface area contributed by atoms with Crippen molar-refractivity contribution >= 4 is 24.4 Å². The summed E-state index contributed by atoms with van der Waals surface area (Å²) in [4.78, 5) is 28.1. The molecular weight excluding hydrogens is 260 g/mol. The zero-order chi connectivity index (χ0) is 13.8. The molecule has 2 rings (SSSR count). The molecule has 0 N–H and O–H groups in total. The first-order chi connectivity index (χ1) is 9.08. The van der Waals surface area contributed by atoms with Crippen molar-refractivity contribution in [2.75, 3.05) is 26.2 Å². The molecular formula is C14H18N2O2S. The van der Waals surface area contributed by atoms with Crippen molar-refractivity contribution in [1.29, 1.82) is 0 Å². The van der Waals surface area contributed by atoms with Gasteiger partial charge in [0.15, 0.2) is 0 Å². The molecule has 5 heteroatoms. The Bertz CT molecular complexity index is 490. The molecule has 1 heterocycles. The standard InChI is InChI=1S/C14H18N2O2S/c1-11(17)15-6-3-7-16(9-8-15)14(18)12-4-2-5-13(19)10-12/h2,4-5,10,19H,3,6-9H2,1H3. The average molecular weight is 278 g/mol. The Morgan fingerprint density at radius 1 is 1.11 bits per heavy atom. The van der Waals surface area contributed by atoms with Crippen molar-refractivity contribution in [3.8, 4) is 0 Å². The number of rotatable bonds is 1. The van der Waals surface area contributed by atoms with Gasteiger partial charge in [0.2, 0.25) is 5.91 Å². The summed E-state index contributed by atoms with van der Waals surface area (Å²) in [5.41, 5.74) is 0.656. The number of thiol groups is 1. The van der Waals surface area contributed by atoms with Gasteiger partial charge in [-0.05, 0) is 24.6 Å². The summed E-state index contributed by atoms with van der Waals surface area (Å²) < 4.78 is 0. The number of benzene rings is 1. The summed E-state index contributed by atoms with van der Waals surface area (Å²) >= 11 is 4.25. The molecule has 0 radical (unpaired) electrons.